The minimum atomic E-state index is -0.0989. The maximum absolute atomic E-state index is 12.2. The first-order valence-corrected chi connectivity index (χ1v) is 11.7. The van der Waals surface area contributed by atoms with E-state index in [2.05, 4.69) is 32.7 Å². The number of benzene rings is 1. The van der Waals surface area contributed by atoms with Gasteiger partial charge in [-0.1, -0.05) is 65.1 Å². The first kappa shape index (κ1) is 20.2. The van der Waals surface area contributed by atoms with E-state index in [-0.39, 0.29) is 5.91 Å². The van der Waals surface area contributed by atoms with Crippen molar-refractivity contribution < 1.29 is 4.79 Å². The molecule has 29 heavy (non-hydrogen) atoms. The zero-order chi connectivity index (χ0) is 20.1. The lowest BCUT2D eigenvalue weighted by Crippen LogP contribution is -2.13. The van der Waals surface area contributed by atoms with Crippen LogP contribution >= 0.6 is 46.5 Å². The van der Waals surface area contributed by atoms with Crippen LogP contribution in [-0.4, -0.2) is 26.8 Å². The molecule has 0 unspecified atom stereocenters. The van der Waals surface area contributed by atoms with Crippen molar-refractivity contribution in [3.8, 4) is 0 Å². The van der Waals surface area contributed by atoms with Crippen LogP contribution in [0.15, 0.2) is 75.0 Å². The summed E-state index contributed by atoms with van der Waals surface area (Å²) in [6.45, 7) is 0. The third kappa shape index (κ3) is 5.48. The van der Waals surface area contributed by atoms with Crippen LogP contribution in [0.25, 0.3) is 10.9 Å². The molecular weight excluding hydrogens is 444 g/mol. The number of carbonyl (C=O) groups is 1. The Bertz CT molecular complexity index is 1140. The Morgan fingerprint density at radius 2 is 2.17 bits per heavy atom. The number of halogens is 1. The predicted molar refractivity (Wildman–Crippen MR) is 123 cm³/mol. The SMILES string of the molecule is O=C(CSC1=CCC=CC=C1)Nc1nnc(Sc2ccnc3cc(Cl)ccc23)s1. The second kappa shape index (κ2) is 9.58. The molecule has 1 aliphatic carbocycles. The maximum Gasteiger partial charge on any atom is 0.236 e. The van der Waals surface area contributed by atoms with Crippen LogP contribution in [-0.2, 0) is 4.79 Å². The number of thioether (sulfide) groups is 1. The van der Waals surface area contributed by atoms with Gasteiger partial charge in [-0.3, -0.25) is 15.1 Å². The summed E-state index contributed by atoms with van der Waals surface area (Å²) in [5, 5.41) is 13.2. The second-order valence-corrected chi connectivity index (χ2v) is 9.66. The molecule has 5 nitrogen and oxygen atoms in total. The van der Waals surface area contributed by atoms with Crippen molar-refractivity contribution in [3.05, 3.63) is 70.8 Å². The van der Waals surface area contributed by atoms with Crippen LogP contribution in [0.4, 0.5) is 5.13 Å². The van der Waals surface area contributed by atoms with Crippen molar-refractivity contribution >= 4 is 68.4 Å². The van der Waals surface area contributed by atoms with Crippen LogP contribution in [0.2, 0.25) is 5.02 Å². The van der Waals surface area contributed by atoms with E-state index in [0.717, 1.165) is 31.5 Å². The Kier molecular flexibility index (Phi) is 6.66. The number of nitrogens with one attached hydrogen (secondary N) is 1. The van der Waals surface area contributed by atoms with Crippen LogP contribution in [0.5, 0.6) is 0 Å². The van der Waals surface area contributed by atoms with Gasteiger partial charge in [-0.15, -0.1) is 22.0 Å². The standard InChI is InChI=1S/C20H15ClN4OS3/c21-13-7-8-15-16(11-13)22-10-9-17(15)28-20-25-24-19(29-20)23-18(26)12-27-14-5-3-1-2-4-6-14/h1-3,5-11H,4,12H2,(H,23,24,26). The number of carbonyl (C=O) groups excluding carboxylic acids is 1. The molecule has 0 fully saturated rings. The average Bonchev–Trinajstić information content (AvgIpc) is 2.98. The summed E-state index contributed by atoms with van der Waals surface area (Å²) in [5.74, 6) is 0.228. The van der Waals surface area contributed by atoms with Crippen molar-refractivity contribution in [2.75, 3.05) is 11.1 Å². The molecule has 2 heterocycles. The number of pyridine rings is 1. The first-order valence-electron chi connectivity index (χ1n) is 8.69. The molecule has 1 N–H and O–H groups in total. The Hall–Kier alpha value is -2.13. The van der Waals surface area contributed by atoms with Gasteiger partial charge in [0.05, 0.1) is 11.3 Å². The molecule has 9 heteroatoms. The second-order valence-electron chi connectivity index (χ2n) is 5.91. The Morgan fingerprint density at radius 3 is 3.10 bits per heavy atom. The van der Waals surface area contributed by atoms with Crippen LogP contribution in [0.3, 0.4) is 0 Å². The fourth-order valence-electron chi connectivity index (χ4n) is 2.55. The number of aromatic nitrogens is 3. The number of hydrogen-bond acceptors (Lipinski definition) is 7. The molecule has 0 saturated carbocycles. The highest BCUT2D eigenvalue weighted by Crippen LogP contribution is 2.36. The number of hydrogen-bond donors (Lipinski definition) is 1. The van der Waals surface area contributed by atoms with Crippen LogP contribution < -0.4 is 5.32 Å². The molecule has 3 aromatic rings. The summed E-state index contributed by atoms with van der Waals surface area (Å²) in [7, 11) is 0. The molecule has 0 saturated heterocycles. The van der Waals surface area contributed by atoms with Crippen molar-refractivity contribution in [2.24, 2.45) is 0 Å². The van der Waals surface area contributed by atoms with E-state index in [1.165, 1.54) is 34.9 Å². The van der Waals surface area contributed by atoms with Gasteiger partial charge in [-0.2, -0.15) is 0 Å². The zero-order valence-electron chi connectivity index (χ0n) is 15.0. The Morgan fingerprint density at radius 1 is 1.24 bits per heavy atom. The molecule has 1 amide bonds. The van der Waals surface area contributed by atoms with Gasteiger partial charge in [0, 0.05) is 26.4 Å². The highest BCUT2D eigenvalue weighted by molar-refractivity contribution is 8.03. The third-order valence-corrected chi connectivity index (χ3v) is 7.09. The third-order valence-electron chi connectivity index (χ3n) is 3.85. The van der Waals surface area contributed by atoms with E-state index in [4.69, 9.17) is 11.6 Å². The van der Waals surface area contributed by atoms with Gasteiger partial charge >= 0.3 is 0 Å². The molecule has 146 valence electrons. The number of allylic oxidation sites excluding steroid dienone is 5. The van der Waals surface area contributed by atoms with Crippen molar-refractivity contribution in [3.63, 3.8) is 0 Å². The summed E-state index contributed by atoms with van der Waals surface area (Å²) < 4.78 is 0.746. The molecule has 4 rings (SSSR count). The summed E-state index contributed by atoms with van der Waals surface area (Å²) >= 11 is 10.4. The molecule has 0 spiro atoms. The van der Waals surface area contributed by atoms with Crippen LogP contribution in [0.1, 0.15) is 6.42 Å². The number of amides is 1. The average molecular weight is 459 g/mol. The van der Waals surface area contributed by atoms with Crippen molar-refractivity contribution in [2.45, 2.75) is 15.7 Å². The number of fused-ring (bicyclic) bond motifs is 1. The van der Waals surface area contributed by atoms with Gasteiger partial charge in [0.2, 0.25) is 11.0 Å². The molecule has 0 radical (unpaired) electrons. The monoisotopic (exact) mass is 458 g/mol. The summed E-state index contributed by atoms with van der Waals surface area (Å²) in [4.78, 5) is 18.7. The molecule has 1 aromatic carbocycles. The zero-order valence-corrected chi connectivity index (χ0v) is 18.2. The van der Waals surface area contributed by atoms with E-state index in [9.17, 15) is 4.79 Å². The summed E-state index contributed by atoms with van der Waals surface area (Å²) in [5.41, 5.74) is 0.828. The number of nitrogens with zero attached hydrogens (tertiary/aromatic N) is 3. The lowest BCUT2D eigenvalue weighted by Gasteiger charge is -2.03. The molecule has 0 aliphatic heterocycles. The quantitative estimate of drug-likeness (QED) is 0.459. The number of rotatable bonds is 6. The van der Waals surface area contributed by atoms with E-state index < -0.39 is 0 Å². The predicted octanol–water partition coefficient (Wildman–Crippen LogP) is 5.96. The molecule has 1 aliphatic rings. The summed E-state index contributed by atoms with van der Waals surface area (Å²) in [6.07, 6.45) is 12.8. The van der Waals surface area contributed by atoms with E-state index in [1.807, 2.05) is 42.5 Å². The molecule has 0 atom stereocenters. The largest absolute Gasteiger partial charge is 0.300 e. The van der Waals surface area contributed by atoms with Crippen LogP contribution in [0, 0.1) is 0 Å². The summed E-state index contributed by atoms with van der Waals surface area (Å²) in [6, 6.07) is 7.55. The van der Waals surface area contributed by atoms with E-state index >= 15 is 0 Å². The lowest BCUT2D eigenvalue weighted by atomic mass is 10.2. The fourth-order valence-corrected chi connectivity index (χ4v) is 5.32. The number of anilines is 1. The fraction of sp³-hybridized carbons (Fsp3) is 0.100. The van der Waals surface area contributed by atoms with Gasteiger partial charge in [0.1, 0.15) is 0 Å². The van der Waals surface area contributed by atoms with Crippen molar-refractivity contribution in [1.82, 2.24) is 15.2 Å². The van der Waals surface area contributed by atoms with Gasteiger partial charge in [-0.25, -0.2) is 0 Å². The lowest BCUT2D eigenvalue weighted by molar-refractivity contribution is -0.113. The molecular formula is C20H15ClN4OS3. The topological polar surface area (TPSA) is 67.8 Å². The Labute approximate surface area is 185 Å². The van der Waals surface area contributed by atoms with E-state index in [1.54, 1.807) is 6.20 Å². The van der Waals surface area contributed by atoms with Gasteiger partial charge in [0.15, 0.2) is 4.34 Å². The minimum Gasteiger partial charge on any atom is -0.300 e. The minimum absolute atomic E-state index is 0.0989. The van der Waals surface area contributed by atoms with Crippen molar-refractivity contribution in [1.29, 1.82) is 0 Å². The highest BCUT2D eigenvalue weighted by Gasteiger charge is 2.12. The first-order chi connectivity index (χ1) is 14.2. The normalized spacial score (nSPS) is 13.3. The Balaban J connectivity index is 1.37. The van der Waals surface area contributed by atoms with Gasteiger partial charge < -0.3 is 0 Å². The molecule has 0 bridgehead atoms. The van der Waals surface area contributed by atoms with E-state index in [0.29, 0.717) is 15.9 Å². The van der Waals surface area contributed by atoms with Gasteiger partial charge in [0.25, 0.3) is 0 Å². The van der Waals surface area contributed by atoms with Gasteiger partial charge in [-0.05, 0) is 30.7 Å². The smallest absolute Gasteiger partial charge is 0.236 e. The molecule has 2 aromatic heterocycles. The highest BCUT2D eigenvalue weighted by atomic mass is 35.5. The maximum atomic E-state index is 12.2.